The Morgan fingerprint density at radius 3 is 2.40 bits per heavy atom. The molecule has 0 amide bonds. The lowest BCUT2D eigenvalue weighted by molar-refractivity contribution is 0.176. The molecule has 0 aromatic heterocycles. The number of aliphatic hydroxyl groups is 1. The maximum absolute atomic E-state index is 12.0. The molecule has 1 rings (SSSR count). The van der Waals surface area contributed by atoms with E-state index in [1.807, 2.05) is 30.3 Å². The SMILES string of the molecule is C=C(C[C@H](O)c1ccccc1)[C@@H](C)NP(=O)(OC)OC. The number of hydrogen-bond donors (Lipinski definition) is 2. The highest BCUT2D eigenvalue weighted by Crippen LogP contribution is 2.42. The van der Waals surface area contributed by atoms with Crippen molar-refractivity contribution >= 4 is 7.75 Å². The second kappa shape index (κ2) is 7.72. The summed E-state index contributed by atoms with van der Waals surface area (Å²) in [7, 11) is -0.677. The predicted octanol–water partition coefficient (Wildman–Crippen LogP) is 3.05. The lowest BCUT2D eigenvalue weighted by Gasteiger charge is -2.23. The lowest BCUT2D eigenvalue weighted by atomic mass is 9.99. The van der Waals surface area contributed by atoms with E-state index in [4.69, 9.17) is 9.05 Å². The number of nitrogens with one attached hydrogen (secondary N) is 1. The zero-order valence-corrected chi connectivity index (χ0v) is 13.0. The normalized spacial score (nSPS) is 14.8. The zero-order valence-electron chi connectivity index (χ0n) is 12.1. The number of benzene rings is 1. The van der Waals surface area contributed by atoms with Crippen LogP contribution in [-0.2, 0) is 13.6 Å². The van der Waals surface area contributed by atoms with Gasteiger partial charge < -0.3 is 14.2 Å². The summed E-state index contributed by atoms with van der Waals surface area (Å²) in [4.78, 5) is 0. The molecule has 2 atom stereocenters. The summed E-state index contributed by atoms with van der Waals surface area (Å²) in [6.45, 7) is 5.71. The molecule has 0 aliphatic rings. The second-order valence-electron chi connectivity index (χ2n) is 4.50. The Morgan fingerprint density at radius 2 is 1.90 bits per heavy atom. The van der Waals surface area contributed by atoms with Gasteiger partial charge >= 0.3 is 7.75 Å². The van der Waals surface area contributed by atoms with E-state index >= 15 is 0 Å². The van der Waals surface area contributed by atoms with Crippen molar-refractivity contribution in [3.05, 3.63) is 48.0 Å². The molecule has 6 heteroatoms. The van der Waals surface area contributed by atoms with E-state index in [-0.39, 0.29) is 6.04 Å². The number of rotatable bonds is 8. The summed E-state index contributed by atoms with van der Waals surface area (Å²) in [6, 6.07) is 9.03. The fourth-order valence-electron chi connectivity index (χ4n) is 1.73. The fraction of sp³-hybridized carbons (Fsp3) is 0.429. The summed E-state index contributed by atoms with van der Waals surface area (Å²) in [5, 5.41) is 12.9. The molecule has 0 aliphatic carbocycles. The van der Waals surface area contributed by atoms with Gasteiger partial charge in [0.25, 0.3) is 0 Å². The van der Waals surface area contributed by atoms with Crippen molar-refractivity contribution < 1.29 is 18.7 Å². The van der Waals surface area contributed by atoms with E-state index < -0.39 is 13.9 Å². The van der Waals surface area contributed by atoms with Crippen LogP contribution in [0, 0.1) is 0 Å². The van der Waals surface area contributed by atoms with Crippen LogP contribution >= 0.6 is 7.75 Å². The summed E-state index contributed by atoms with van der Waals surface area (Å²) >= 11 is 0. The van der Waals surface area contributed by atoms with Crippen molar-refractivity contribution in [2.24, 2.45) is 0 Å². The van der Waals surface area contributed by atoms with Crippen LogP contribution in [0.25, 0.3) is 0 Å². The first kappa shape index (κ1) is 17.1. The number of hydrogen-bond acceptors (Lipinski definition) is 4. The molecule has 0 bridgehead atoms. The molecule has 0 fully saturated rings. The van der Waals surface area contributed by atoms with Crippen LogP contribution in [-0.4, -0.2) is 25.4 Å². The first-order valence-corrected chi connectivity index (χ1v) is 7.86. The van der Waals surface area contributed by atoms with Gasteiger partial charge in [-0.15, -0.1) is 0 Å². The van der Waals surface area contributed by atoms with Gasteiger partial charge in [0.05, 0.1) is 6.10 Å². The van der Waals surface area contributed by atoms with Crippen molar-refractivity contribution in [3.63, 3.8) is 0 Å². The highest BCUT2D eigenvalue weighted by molar-refractivity contribution is 7.51. The van der Waals surface area contributed by atoms with E-state index in [1.54, 1.807) is 6.92 Å². The smallest absolute Gasteiger partial charge is 0.388 e. The van der Waals surface area contributed by atoms with Crippen LogP contribution in [0.5, 0.6) is 0 Å². The van der Waals surface area contributed by atoms with E-state index in [0.717, 1.165) is 11.1 Å². The molecule has 0 aliphatic heterocycles. The minimum Gasteiger partial charge on any atom is -0.388 e. The Balaban J connectivity index is 2.60. The molecule has 0 radical (unpaired) electrons. The molecule has 2 N–H and O–H groups in total. The van der Waals surface area contributed by atoms with Crippen LogP contribution in [0.3, 0.4) is 0 Å². The van der Waals surface area contributed by atoms with Crippen LogP contribution in [0.4, 0.5) is 0 Å². The van der Waals surface area contributed by atoms with Crippen molar-refractivity contribution in [1.82, 2.24) is 5.09 Å². The minimum atomic E-state index is -3.30. The molecule has 0 unspecified atom stereocenters. The summed E-state index contributed by atoms with van der Waals surface area (Å²) in [6.07, 6.45) is -0.275. The van der Waals surface area contributed by atoms with E-state index in [0.29, 0.717) is 6.42 Å². The first-order valence-electron chi connectivity index (χ1n) is 6.32. The van der Waals surface area contributed by atoms with Gasteiger partial charge in [-0.25, -0.2) is 9.65 Å². The topological polar surface area (TPSA) is 67.8 Å². The van der Waals surface area contributed by atoms with Gasteiger partial charge in [0, 0.05) is 20.3 Å². The van der Waals surface area contributed by atoms with Crippen molar-refractivity contribution in [2.45, 2.75) is 25.5 Å². The second-order valence-corrected chi connectivity index (χ2v) is 6.49. The number of aliphatic hydroxyl groups excluding tert-OH is 1. The highest BCUT2D eigenvalue weighted by atomic mass is 31.2. The maximum atomic E-state index is 12.0. The average molecular weight is 299 g/mol. The summed E-state index contributed by atoms with van der Waals surface area (Å²) in [5.41, 5.74) is 1.54. The minimum absolute atomic E-state index is 0.306. The average Bonchev–Trinajstić information content (AvgIpc) is 2.47. The molecule has 0 saturated heterocycles. The molecule has 112 valence electrons. The molecule has 1 aromatic rings. The zero-order chi connectivity index (χ0) is 15.2. The van der Waals surface area contributed by atoms with Gasteiger partial charge in [-0.3, -0.25) is 0 Å². The Bertz CT molecular complexity index is 469. The van der Waals surface area contributed by atoms with Gasteiger partial charge in [0.1, 0.15) is 0 Å². The lowest BCUT2D eigenvalue weighted by Crippen LogP contribution is -2.26. The van der Waals surface area contributed by atoms with Gasteiger partial charge in [0.15, 0.2) is 0 Å². The third-order valence-corrected chi connectivity index (χ3v) is 4.75. The predicted molar refractivity (Wildman–Crippen MR) is 79.4 cm³/mol. The van der Waals surface area contributed by atoms with Crippen LogP contribution in [0.1, 0.15) is 25.0 Å². The molecule has 1 aromatic carbocycles. The quantitative estimate of drug-likeness (QED) is 0.570. The van der Waals surface area contributed by atoms with Gasteiger partial charge in [-0.05, 0) is 18.9 Å². The summed E-state index contributed by atoms with van der Waals surface area (Å²) in [5.74, 6) is 0. The third-order valence-electron chi connectivity index (χ3n) is 3.08. The van der Waals surface area contributed by atoms with Crippen molar-refractivity contribution in [2.75, 3.05) is 14.2 Å². The molecule has 0 saturated carbocycles. The van der Waals surface area contributed by atoms with Gasteiger partial charge in [-0.2, -0.15) is 0 Å². The Labute approximate surface area is 120 Å². The molecule has 0 spiro atoms. The Hall–Kier alpha value is -0.970. The molecule has 20 heavy (non-hydrogen) atoms. The highest BCUT2D eigenvalue weighted by Gasteiger charge is 2.25. The van der Waals surface area contributed by atoms with Gasteiger partial charge in [-0.1, -0.05) is 42.5 Å². The van der Waals surface area contributed by atoms with Crippen molar-refractivity contribution in [1.29, 1.82) is 0 Å². The maximum Gasteiger partial charge on any atom is 0.405 e. The third kappa shape index (κ3) is 4.85. The van der Waals surface area contributed by atoms with Gasteiger partial charge in [0.2, 0.25) is 0 Å². The monoisotopic (exact) mass is 299 g/mol. The van der Waals surface area contributed by atoms with E-state index in [9.17, 15) is 9.67 Å². The standard InChI is InChI=1S/C14H22NO4P/c1-11(12(2)15-20(17,18-3)19-4)10-14(16)13-8-6-5-7-9-13/h5-9,12,14,16H,1,10H2,2-4H3,(H,15,17)/t12-,14+/m1/s1. The van der Waals surface area contributed by atoms with Crippen molar-refractivity contribution in [3.8, 4) is 0 Å². The molecule has 0 heterocycles. The van der Waals surface area contributed by atoms with E-state index in [1.165, 1.54) is 14.2 Å². The van der Waals surface area contributed by atoms with Crippen LogP contribution in [0.2, 0.25) is 0 Å². The van der Waals surface area contributed by atoms with Crippen LogP contribution in [0.15, 0.2) is 42.5 Å². The Kier molecular flexibility index (Phi) is 6.59. The largest absolute Gasteiger partial charge is 0.405 e. The Morgan fingerprint density at radius 1 is 1.35 bits per heavy atom. The first-order chi connectivity index (χ1) is 9.41. The van der Waals surface area contributed by atoms with E-state index in [2.05, 4.69) is 11.7 Å². The molecular formula is C14H22NO4P. The summed E-state index contributed by atoms with van der Waals surface area (Å²) < 4.78 is 21.6. The fourth-order valence-corrected chi connectivity index (χ4v) is 2.74. The van der Waals surface area contributed by atoms with Crippen LogP contribution < -0.4 is 5.09 Å². The molecular weight excluding hydrogens is 277 g/mol. The molecule has 5 nitrogen and oxygen atoms in total.